The van der Waals surface area contributed by atoms with Crippen LogP contribution in [0.1, 0.15) is 23.3 Å². The van der Waals surface area contributed by atoms with Crippen LogP contribution < -0.4 is 0 Å². The number of H-pyrrole nitrogens is 1. The predicted octanol–water partition coefficient (Wildman–Crippen LogP) is 1.38. The number of nitro groups is 1. The number of hydrogen-bond donors (Lipinski definition) is 1. The van der Waals surface area contributed by atoms with Gasteiger partial charge in [0.2, 0.25) is 0 Å². The minimum absolute atomic E-state index is 0.0666. The van der Waals surface area contributed by atoms with Crippen molar-refractivity contribution in [3.63, 3.8) is 0 Å². The van der Waals surface area contributed by atoms with Crippen LogP contribution in [0.3, 0.4) is 0 Å². The number of Topliss-reactive ketones (excluding diaryl/α,β-unsaturated/α-hetero) is 1. The molecule has 0 bridgehead atoms. The zero-order valence-corrected chi connectivity index (χ0v) is 12.5. The van der Waals surface area contributed by atoms with Crippen LogP contribution in [-0.4, -0.2) is 65.8 Å². The first-order valence-corrected chi connectivity index (χ1v) is 7.19. The van der Waals surface area contributed by atoms with Gasteiger partial charge in [-0.25, -0.2) is 0 Å². The van der Waals surface area contributed by atoms with Crippen LogP contribution in [0.25, 0.3) is 0 Å². The molecule has 21 heavy (non-hydrogen) atoms. The van der Waals surface area contributed by atoms with Gasteiger partial charge in [-0.1, -0.05) is 0 Å². The van der Waals surface area contributed by atoms with E-state index < -0.39 is 4.92 Å². The van der Waals surface area contributed by atoms with Gasteiger partial charge in [-0.3, -0.25) is 19.8 Å². The Balaban J connectivity index is 1.82. The third-order valence-corrected chi connectivity index (χ3v) is 3.88. The topological polar surface area (TPSA) is 82.5 Å². The Kier molecular flexibility index (Phi) is 5.08. The summed E-state index contributed by atoms with van der Waals surface area (Å²) in [5, 5.41) is 10.6. The van der Waals surface area contributed by atoms with Crippen molar-refractivity contribution in [2.45, 2.75) is 12.8 Å². The maximum atomic E-state index is 12.1. The van der Waals surface area contributed by atoms with Crippen molar-refractivity contribution in [2.75, 3.05) is 40.3 Å². The van der Waals surface area contributed by atoms with Gasteiger partial charge in [-0.15, -0.1) is 0 Å². The molecular weight excluding hydrogens is 272 g/mol. The van der Waals surface area contributed by atoms with Crippen LogP contribution in [-0.2, 0) is 0 Å². The van der Waals surface area contributed by atoms with Gasteiger partial charge in [0.15, 0.2) is 5.78 Å². The molecule has 1 fully saturated rings. The van der Waals surface area contributed by atoms with Gasteiger partial charge in [0.1, 0.15) is 0 Å². The van der Waals surface area contributed by atoms with E-state index in [1.54, 1.807) is 0 Å². The Labute approximate surface area is 124 Å². The number of aromatic amines is 1. The highest BCUT2D eigenvalue weighted by molar-refractivity contribution is 5.96. The molecule has 1 aliphatic rings. The predicted molar refractivity (Wildman–Crippen MR) is 79.5 cm³/mol. The molecule has 1 aromatic heterocycles. The maximum Gasteiger partial charge on any atom is 0.287 e. The Hall–Kier alpha value is -1.73. The number of rotatable bonds is 6. The van der Waals surface area contributed by atoms with E-state index in [-0.39, 0.29) is 11.5 Å². The van der Waals surface area contributed by atoms with Gasteiger partial charge in [0.25, 0.3) is 5.69 Å². The van der Waals surface area contributed by atoms with Crippen LogP contribution in [0.15, 0.2) is 12.3 Å². The summed E-state index contributed by atoms with van der Waals surface area (Å²) in [6.45, 7) is 3.23. The van der Waals surface area contributed by atoms with E-state index in [4.69, 9.17) is 0 Å². The van der Waals surface area contributed by atoms with Crippen molar-refractivity contribution in [1.82, 2.24) is 14.8 Å². The number of aromatic nitrogens is 1. The fourth-order valence-electron chi connectivity index (χ4n) is 2.78. The van der Waals surface area contributed by atoms with Crippen LogP contribution in [0.2, 0.25) is 0 Å². The highest BCUT2D eigenvalue weighted by Gasteiger charge is 2.22. The van der Waals surface area contributed by atoms with Gasteiger partial charge in [-0.05, 0) is 45.9 Å². The third-order valence-electron chi connectivity index (χ3n) is 3.88. The molecule has 0 radical (unpaired) electrons. The Morgan fingerprint density at radius 2 is 2.14 bits per heavy atom. The van der Waals surface area contributed by atoms with E-state index in [0.717, 1.165) is 32.5 Å². The van der Waals surface area contributed by atoms with Gasteiger partial charge < -0.3 is 9.88 Å². The molecule has 2 rings (SSSR count). The lowest BCUT2D eigenvalue weighted by molar-refractivity contribution is -0.384. The number of carbonyl (C=O) groups excluding carboxylic acids is 1. The summed E-state index contributed by atoms with van der Waals surface area (Å²) in [4.78, 5) is 29.2. The average Bonchev–Trinajstić information content (AvgIpc) is 2.90. The summed E-state index contributed by atoms with van der Waals surface area (Å²) in [7, 11) is 4.15. The summed E-state index contributed by atoms with van der Waals surface area (Å²) in [6, 6.07) is 1.31. The van der Waals surface area contributed by atoms with Crippen LogP contribution in [0.5, 0.6) is 0 Å². The summed E-state index contributed by atoms with van der Waals surface area (Å²) in [5.74, 6) is 0.604. The lowest BCUT2D eigenvalue weighted by atomic mass is 9.96. The van der Waals surface area contributed by atoms with E-state index >= 15 is 0 Å². The molecule has 1 aliphatic heterocycles. The lowest BCUT2D eigenvalue weighted by Crippen LogP contribution is -2.39. The summed E-state index contributed by atoms with van der Waals surface area (Å²) in [6.07, 6.45) is 3.45. The summed E-state index contributed by atoms with van der Waals surface area (Å²) < 4.78 is 0. The molecule has 1 aromatic rings. The number of piperidine rings is 1. The summed E-state index contributed by atoms with van der Waals surface area (Å²) in [5.41, 5.74) is 0.250. The second-order valence-electron chi connectivity index (χ2n) is 5.93. The molecule has 2 heterocycles. The first-order valence-electron chi connectivity index (χ1n) is 7.19. The van der Waals surface area contributed by atoms with Crippen LogP contribution in [0, 0.1) is 16.0 Å². The average molecular weight is 294 g/mol. The van der Waals surface area contributed by atoms with Gasteiger partial charge in [0.05, 0.1) is 23.4 Å². The monoisotopic (exact) mass is 294 g/mol. The molecule has 7 heteroatoms. The number of nitrogens with zero attached hydrogens (tertiary/aromatic N) is 3. The van der Waals surface area contributed by atoms with E-state index in [2.05, 4.69) is 28.9 Å². The first kappa shape index (κ1) is 15.7. The summed E-state index contributed by atoms with van der Waals surface area (Å²) >= 11 is 0. The molecule has 0 aliphatic carbocycles. The van der Waals surface area contributed by atoms with E-state index in [1.807, 2.05) is 0 Å². The first-order chi connectivity index (χ1) is 9.95. The Morgan fingerprint density at radius 3 is 2.67 bits per heavy atom. The number of carbonyl (C=O) groups is 1. The van der Waals surface area contributed by atoms with Crippen molar-refractivity contribution in [2.24, 2.45) is 5.92 Å². The van der Waals surface area contributed by atoms with E-state index in [1.165, 1.54) is 12.3 Å². The smallest absolute Gasteiger partial charge is 0.287 e. The maximum absolute atomic E-state index is 12.1. The van der Waals surface area contributed by atoms with Crippen molar-refractivity contribution < 1.29 is 9.72 Å². The fraction of sp³-hybridized carbons (Fsp3) is 0.643. The van der Waals surface area contributed by atoms with Crippen molar-refractivity contribution in [3.05, 3.63) is 28.1 Å². The normalized spacial score (nSPS) is 17.3. The van der Waals surface area contributed by atoms with Crippen molar-refractivity contribution in [1.29, 1.82) is 0 Å². The second-order valence-corrected chi connectivity index (χ2v) is 5.93. The van der Waals surface area contributed by atoms with E-state index in [9.17, 15) is 14.9 Å². The molecule has 1 N–H and O–H groups in total. The molecule has 0 atom stereocenters. The van der Waals surface area contributed by atoms with E-state index in [0.29, 0.717) is 18.2 Å². The van der Waals surface area contributed by atoms with Crippen molar-refractivity contribution in [3.8, 4) is 0 Å². The minimum Gasteiger partial charge on any atom is -0.353 e. The lowest BCUT2D eigenvalue weighted by Gasteiger charge is -2.32. The third kappa shape index (κ3) is 4.37. The molecule has 1 saturated heterocycles. The van der Waals surface area contributed by atoms with Crippen LogP contribution in [0.4, 0.5) is 5.69 Å². The fourth-order valence-corrected chi connectivity index (χ4v) is 2.78. The molecule has 0 amide bonds. The number of hydrogen-bond acceptors (Lipinski definition) is 5. The molecule has 0 saturated carbocycles. The molecule has 7 nitrogen and oxygen atoms in total. The van der Waals surface area contributed by atoms with Crippen molar-refractivity contribution >= 4 is 11.5 Å². The second kappa shape index (κ2) is 6.82. The number of likely N-dealkylation sites (tertiary alicyclic amines) is 1. The number of ketones is 1. The standard InChI is InChI=1S/C14H22N4O3/c1-16(2)9-11-3-5-17(6-4-11)10-14(19)13-7-12(8-15-13)18(20)21/h7-8,11,15H,3-6,9-10H2,1-2H3. The van der Waals surface area contributed by atoms with Crippen LogP contribution >= 0.6 is 0 Å². The molecule has 0 aromatic carbocycles. The molecule has 116 valence electrons. The quantitative estimate of drug-likeness (QED) is 0.487. The largest absolute Gasteiger partial charge is 0.353 e. The molecule has 0 spiro atoms. The highest BCUT2D eigenvalue weighted by Crippen LogP contribution is 2.18. The molecule has 0 unspecified atom stereocenters. The highest BCUT2D eigenvalue weighted by atomic mass is 16.6. The molecular formula is C14H22N4O3. The zero-order valence-electron chi connectivity index (χ0n) is 12.5. The van der Waals surface area contributed by atoms with Gasteiger partial charge in [0, 0.05) is 12.6 Å². The zero-order chi connectivity index (χ0) is 15.4. The minimum atomic E-state index is -0.500. The SMILES string of the molecule is CN(C)CC1CCN(CC(=O)c2cc([N+](=O)[O-])c[nH]2)CC1. The Morgan fingerprint density at radius 1 is 1.48 bits per heavy atom. The van der Waals surface area contributed by atoms with Gasteiger partial charge >= 0.3 is 0 Å². The van der Waals surface area contributed by atoms with Gasteiger partial charge in [-0.2, -0.15) is 0 Å². The number of nitrogens with one attached hydrogen (secondary N) is 1. The Bertz CT molecular complexity index is 504.